The second kappa shape index (κ2) is 4.69. The van der Waals surface area contributed by atoms with Crippen LogP contribution >= 0.6 is 22.6 Å². The van der Waals surface area contributed by atoms with Crippen LogP contribution in [0.5, 0.6) is 0 Å². The maximum absolute atomic E-state index is 6.28. The Morgan fingerprint density at radius 1 is 1.43 bits per heavy atom. The van der Waals surface area contributed by atoms with Gasteiger partial charge in [0.2, 0.25) is 0 Å². The van der Waals surface area contributed by atoms with Crippen LogP contribution in [0.3, 0.4) is 0 Å². The summed E-state index contributed by atoms with van der Waals surface area (Å²) in [7, 11) is 0. The van der Waals surface area contributed by atoms with Crippen molar-refractivity contribution in [2.24, 2.45) is 5.92 Å². The van der Waals surface area contributed by atoms with Crippen molar-refractivity contribution in [2.45, 2.75) is 64.6 Å². The van der Waals surface area contributed by atoms with Gasteiger partial charge in [0.25, 0.3) is 0 Å². The van der Waals surface area contributed by atoms with Gasteiger partial charge in [0.1, 0.15) is 0 Å². The lowest BCUT2D eigenvalue weighted by Crippen LogP contribution is -2.44. The summed E-state index contributed by atoms with van der Waals surface area (Å²) in [5.74, 6) is 0.834. The Labute approximate surface area is 102 Å². The van der Waals surface area contributed by atoms with E-state index in [-0.39, 0.29) is 11.2 Å². The third-order valence-electron chi connectivity index (χ3n) is 2.82. The van der Waals surface area contributed by atoms with Gasteiger partial charge >= 0.3 is 0 Å². The highest BCUT2D eigenvalue weighted by molar-refractivity contribution is 14.1. The summed E-state index contributed by atoms with van der Waals surface area (Å²) < 4.78 is 7.41. The Bertz CT molecular complexity index is 185. The van der Waals surface area contributed by atoms with Crippen LogP contribution in [0.2, 0.25) is 0 Å². The molecule has 0 amide bonds. The zero-order valence-corrected chi connectivity index (χ0v) is 12.1. The predicted molar refractivity (Wildman–Crippen MR) is 70.1 cm³/mol. The van der Waals surface area contributed by atoms with Gasteiger partial charge < -0.3 is 4.74 Å². The Hall–Kier alpha value is 0.690. The van der Waals surface area contributed by atoms with Crippen LogP contribution in [0.15, 0.2) is 0 Å². The molecule has 0 aromatic carbocycles. The van der Waals surface area contributed by atoms with E-state index in [1.54, 1.807) is 0 Å². The molecule has 84 valence electrons. The van der Waals surface area contributed by atoms with Crippen molar-refractivity contribution in [3.05, 3.63) is 0 Å². The average molecular weight is 310 g/mol. The summed E-state index contributed by atoms with van der Waals surface area (Å²) in [5, 5.41) is 0. The van der Waals surface area contributed by atoms with Gasteiger partial charge in [0, 0.05) is 4.43 Å². The third kappa shape index (κ3) is 3.69. The lowest BCUT2D eigenvalue weighted by Gasteiger charge is -2.43. The molecule has 1 nitrogen and oxygen atoms in total. The van der Waals surface area contributed by atoms with Crippen molar-refractivity contribution >= 4 is 22.6 Å². The van der Waals surface area contributed by atoms with Crippen LogP contribution in [-0.2, 0) is 4.74 Å². The fourth-order valence-electron chi connectivity index (χ4n) is 2.50. The van der Waals surface area contributed by atoms with Crippen molar-refractivity contribution < 1.29 is 4.74 Å². The predicted octanol–water partition coefficient (Wildman–Crippen LogP) is 4.19. The van der Waals surface area contributed by atoms with Gasteiger partial charge in [-0.05, 0) is 39.5 Å². The highest BCUT2D eigenvalue weighted by Crippen LogP contribution is 2.39. The summed E-state index contributed by atoms with van der Waals surface area (Å²) in [4.78, 5) is 0. The number of halogens is 1. The van der Waals surface area contributed by atoms with Crippen LogP contribution < -0.4 is 0 Å². The van der Waals surface area contributed by atoms with Gasteiger partial charge in [-0.1, -0.05) is 42.4 Å². The Morgan fingerprint density at radius 3 is 2.50 bits per heavy atom. The minimum atomic E-state index is 0.00221. The molecule has 0 aromatic rings. The first-order valence-electron chi connectivity index (χ1n) is 5.63. The molecule has 1 fully saturated rings. The second-order valence-electron chi connectivity index (χ2n) is 5.73. The van der Waals surface area contributed by atoms with E-state index in [4.69, 9.17) is 4.74 Å². The van der Waals surface area contributed by atoms with E-state index in [9.17, 15) is 0 Å². The summed E-state index contributed by atoms with van der Waals surface area (Å²) in [6.45, 7) is 8.85. The molecule has 0 aromatic heterocycles. The highest BCUT2D eigenvalue weighted by atomic mass is 127. The first-order valence-corrected chi connectivity index (χ1v) is 7.16. The molecule has 0 radical (unpaired) electrons. The molecule has 1 aliphatic carbocycles. The molecule has 2 unspecified atom stereocenters. The SMILES string of the molecule is CC1CCCC(CI)(OC(C)(C)C)C1. The molecule has 0 saturated heterocycles. The van der Waals surface area contributed by atoms with Crippen molar-refractivity contribution in [3.63, 3.8) is 0 Å². The minimum Gasteiger partial charge on any atom is -0.369 e. The number of alkyl halides is 1. The van der Waals surface area contributed by atoms with Crippen molar-refractivity contribution in [1.82, 2.24) is 0 Å². The topological polar surface area (TPSA) is 9.23 Å². The number of hydrogen-bond acceptors (Lipinski definition) is 1. The molecule has 0 bridgehead atoms. The average Bonchev–Trinajstić information content (AvgIpc) is 2.01. The van der Waals surface area contributed by atoms with Gasteiger partial charge in [-0.3, -0.25) is 0 Å². The van der Waals surface area contributed by atoms with E-state index in [1.807, 2.05) is 0 Å². The Balaban J connectivity index is 2.65. The summed E-state index contributed by atoms with van der Waals surface area (Å²) >= 11 is 2.48. The molecule has 1 rings (SSSR count). The zero-order chi connectivity index (χ0) is 10.8. The number of ether oxygens (including phenoxy) is 1. The largest absolute Gasteiger partial charge is 0.369 e. The van der Waals surface area contributed by atoms with Crippen LogP contribution in [0.25, 0.3) is 0 Å². The summed E-state index contributed by atoms with van der Waals surface area (Å²) in [6, 6.07) is 0. The molecular formula is C12H23IO. The van der Waals surface area contributed by atoms with Crippen LogP contribution in [0.1, 0.15) is 53.4 Å². The normalized spacial score (nSPS) is 34.5. The van der Waals surface area contributed by atoms with Crippen molar-refractivity contribution in [2.75, 3.05) is 4.43 Å². The lowest BCUT2D eigenvalue weighted by atomic mass is 9.79. The molecule has 2 atom stereocenters. The molecule has 1 saturated carbocycles. The van der Waals surface area contributed by atoms with Gasteiger partial charge in [-0.15, -0.1) is 0 Å². The molecule has 0 N–H and O–H groups in total. The molecule has 14 heavy (non-hydrogen) atoms. The molecular weight excluding hydrogens is 287 g/mol. The summed E-state index contributed by atoms with van der Waals surface area (Å²) in [6.07, 6.45) is 5.21. The third-order valence-corrected chi connectivity index (χ3v) is 4.21. The Kier molecular flexibility index (Phi) is 4.27. The first-order chi connectivity index (χ1) is 6.37. The molecule has 0 aliphatic heterocycles. The number of rotatable bonds is 2. The van der Waals surface area contributed by atoms with Crippen molar-refractivity contribution in [3.8, 4) is 0 Å². The highest BCUT2D eigenvalue weighted by Gasteiger charge is 2.37. The van der Waals surface area contributed by atoms with E-state index < -0.39 is 0 Å². The van der Waals surface area contributed by atoms with E-state index in [0.29, 0.717) is 0 Å². The Morgan fingerprint density at radius 2 is 2.07 bits per heavy atom. The fraction of sp³-hybridized carbons (Fsp3) is 1.00. The summed E-state index contributed by atoms with van der Waals surface area (Å²) in [5.41, 5.74) is 0.165. The smallest absolute Gasteiger partial charge is 0.0781 e. The van der Waals surface area contributed by atoms with E-state index >= 15 is 0 Å². The number of hydrogen-bond donors (Lipinski definition) is 0. The first kappa shape index (κ1) is 12.8. The fourth-order valence-corrected chi connectivity index (χ4v) is 3.35. The standard InChI is InChI=1S/C12H23IO/c1-10-6-5-7-12(8-10,9-13)14-11(2,3)4/h10H,5-9H2,1-4H3. The minimum absolute atomic E-state index is 0.00221. The molecule has 0 spiro atoms. The molecule has 1 aliphatic rings. The van der Waals surface area contributed by atoms with E-state index in [2.05, 4.69) is 50.3 Å². The lowest BCUT2D eigenvalue weighted by molar-refractivity contribution is -0.140. The van der Waals surface area contributed by atoms with Crippen LogP contribution in [0, 0.1) is 5.92 Å². The van der Waals surface area contributed by atoms with Crippen molar-refractivity contribution in [1.29, 1.82) is 0 Å². The van der Waals surface area contributed by atoms with E-state index in [0.717, 1.165) is 10.3 Å². The van der Waals surface area contributed by atoms with Gasteiger partial charge in [0.05, 0.1) is 11.2 Å². The second-order valence-corrected chi connectivity index (χ2v) is 6.50. The quantitative estimate of drug-likeness (QED) is 0.549. The maximum Gasteiger partial charge on any atom is 0.0781 e. The molecule has 0 heterocycles. The molecule has 2 heteroatoms. The zero-order valence-electron chi connectivity index (χ0n) is 9.90. The van der Waals surface area contributed by atoms with Gasteiger partial charge in [0.15, 0.2) is 0 Å². The monoisotopic (exact) mass is 310 g/mol. The van der Waals surface area contributed by atoms with Crippen LogP contribution in [0.4, 0.5) is 0 Å². The maximum atomic E-state index is 6.28. The van der Waals surface area contributed by atoms with Gasteiger partial charge in [-0.25, -0.2) is 0 Å². The van der Waals surface area contributed by atoms with Gasteiger partial charge in [-0.2, -0.15) is 0 Å². The van der Waals surface area contributed by atoms with E-state index in [1.165, 1.54) is 25.7 Å². The van der Waals surface area contributed by atoms with Crippen LogP contribution in [-0.4, -0.2) is 15.6 Å².